The zero-order valence-electron chi connectivity index (χ0n) is 20.6. The molecule has 192 valence electrons. The summed E-state index contributed by atoms with van der Waals surface area (Å²) < 4.78 is 12.8. The third kappa shape index (κ3) is 4.20. The number of ether oxygens (including phenoxy) is 2. The van der Waals surface area contributed by atoms with Gasteiger partial charge < -0.3 is 14.8 Å². The number of amides is 1. The molecule has 2 saturated heterocycles. The number of carbonyl (C=O) groups is 1. The minimum Gasteiger partial charge on any atom is -0.445 e. The van der Waals surface area contributed by atoms with Crippen LogP contribution in [-0.2, 0) is 16.1 Å². The van der Waals surface area contributed by atoms with Crippen LogP contribution in [-0.4, -0.2) is 39.7 Å². The highest BCUT2D eigenvalue weighted by molar-refractivity contribution is 7.18. The van der Waals surface area contributed by atoms with E-state index >= 15 is 0 Å². The van der Waals surface area contributed by atoms with Gasteiger partial charge in [0.2, 0.25) is 0 Å². The van der Waals surface area contributed by atoms with E-state index < -0.39 is 0 Å². The molecular weight excluding hydrogens is 516 g/mol. The number of carbonyl (C=O) groups excluding carboxylic acids is 1. The van der Waals surface area contributed by atoms with Crippen molar-refractivity contribution in [2.75, 3.05) is 18.5 Å². The lowest BCUT2D eigenvalue weighted by Gasteiger charge is -2.36. The summed E-state index contributed by atoms with van der Waals surface area (Å²) in [5.74, 6) is 0. The SMILES string of the molecule is O=C(OCc1ccccc1)N1C(c2cc3c(Nc4ccc5scnc5c4)ccnc3s2)CCC12CCOC2. The van der Waals surface area contributed by atoms with Crippen molar-refractivity contribution < 1.29 is 14.3 Å². The Balaban J connectivity index is 1.19. The molecule has 7 rings (SSSR count). The smallest absolute Gasteiger partial charge is 0.411 e. The number of nitrogens with one attached hydrogen (secondary N) is 1. The van der Waals surface area contributed by atoms with Crippen LogP contribution >= 0.6 is 22.7 Å². The number of anilines is 2. The lowest BCUT2D eigenvalue weighted by molar-refractivity contribution is 0.0415. The van der Waals surface area contributed by atoms with Crippen molar-refractivity contribution in [3.8, 4) is 0 Å². The van der Waals surface area contributed by atoms with Crippen LogP contribution in [0.4, 0.5) is 16.2 Å². The minimum atomic E-state index is -0.313. The molecule has 0 bridgehead atoms. The van der Waals surface area contributed by atoms with Gasteiger partial charge in [-0.2, -0.15) is 0 Å². The average molecular weight is 543 g/mol. The van der Waals surface area contributed by atoms with Crippen molar-refractivity contribution in [3.05, 3.63) is 82.8 Å². The standard InChI is InChI=1S/C29H26N4O3S2/c34-28(36-16-19-4-2-1-3-5-19)33-24(8-10-29(33)11-13-35-17-29)26-15-21-22(9-12-30-27(21)38-26)32-20-6-7-25-23(14-20)31-18-37-25/h1-7,9,12,14-15,18,24H,8,10-11,13,16-17H2,(H,30,32). The Labute approximate surface area is 228 Å². The third-order valence-electron chi connectivity index (χ3n) is 7.58. The van der Waals surface area contributed by atoms with Gasteiger partial charge in [-0.25, -0.2) is 14.8 Å². The number of thiazole rings is 1. The van der Waals surface area contributed by atoms with Crippen molar-refractivity contribution in [2.24, 2.45) is 0 Å². The van der Waals surface area contributed by atoms with Crippen LogP contribution in [0.3, 0.4) is 0 Å². The Kier molecular flexibility index (Phi) is 5.99. The molecule has 2 aliphatic rings. The highest BCUT2D eigenvalue weighted by Crippen LogP contribution is 2.49. The Bertz CT molecular complexity index is 1610. The summed E-state index contributed by atoms with van der Waals surface area (Å²) in [4.78, 5) is 26.7. The first kappa shape index (κ1) is 23.6. The van der Waals surface area contributed by atoms with Gasteiger partial charge in [-0.3, -0.25) is 4.90 Å². The lowest BCUT2D eigenvalue weighted by atomic mass is 9.96. The number of benzene rings is 2. The van der Waals surface area contributed by atoms with Gasteiger partial charge >= 0.3 is 6.09 Å². The fourth-order valence-corrected chi connectivity index (χ4v) is 7.48. The topological polar surface area (TPSA) is 76.6 Å². The number of rotatable bonds is 5. The highest BCUT2D eigenvalue weighted by Gasteiger charge is 2.52. The van der Waals surface area contributed by atoms with E-state index in [1.54, 1.807) is 22.7 Å². The highest BCUT2D eigenvalue weighted by atomic mass is 32.1. The largest absolute Gasteiger partial charge is 0.445 e. The van der Waals surface area contributed by atoms with Crippen molar-refractivity contribution in [1.82, 2.24) is 14.9 Å². The van der Waals surface area contributed by atoms with Crippen molar-refractivity contribution >= 4 is 60.6 Å². The van der Waals surface area contributed by atoms with Crippen molar-refractivity contribution in [1.29, 1.82) is 0 Å². The Hall–Kier alpha value is -3.53. The molecule has 0 radical (unpaired) electrons. The fraction of sp³-hybridized carbons (Fsp3) is 0.276. The van der Waals surface area contributed by atoms with Gasteiger partial charge in [0.1, 0.15) is 11.4 Å². The number of likely N-dealkylation sites (tertiary alicyclic amines) is 1. The van der Waals surface area contributed by atoms with E-state index in [4.69, 9.17) is 9.47 Å². The molecule has 1 spiro atoms. The van der Waals surface area contributed by atoms with E-state index in [-0.39, 0.29) is 24.3 Å². The van der Waals surface area contributed by atoms with Crippen LogP contribution in [0.25, 0.3) is 20.4 Å². The number of hydrogen-bond donors (Lipinski definition) is 1. The second-order valence-electron chi connectivity index (χ2n) is 9.88. The Morgan fingerprint density at radius 1 is 1.13 bits per heavy atom. The number of fused-ring (bicyclic) bond motifs is 2. The zero-order valence-corrected chi connectivity index (χ0v) is 22.3. The van der Waals surface area contributed by atoms with Gasteiger partial charge in [0.15, 0.2) is 0 Å². The average Bonchev–Trinajstić information content (AvgIpc) is 3.74. The van der Waals surface area contributed by atoms with Crippen LogP contribution in [0.15, 0.2) is 72.4 Å². The first-order valence-electron chi connectivity index (χ1n) is 12.8. The molecule has 9 heteroatoms. The van der Waals surface area contributed by atoms with Gasteiger partial charge in [-0.1, -0.05) is 30.3 Å². The molecular formula is C29H26N4O3S2. The number of pyridine rings is 1. The predicted octanol–water partition coefficient (Wildman–Crippen LogP) is 7.28. The van der Waals surface area contributed by atoms with E-state index in [1.165, 1.54) is 4.70 Å². The van der Waals surface area contributed by atoms with Crippen LogP contribution in [0.1, 0.15) is 35.7 Å². The fourth-order valence-electron chi connectivity index (χ4n) is 5.67. The second-order valence-corrected chi connectivity index (χ2v) is 11.8. The number of thiophene rings is 1. The van der Waals surface area contributed by atoms with Gasteiger partial charge in [0.05, 0.1) is 39.6 Å². The molecule has 1 N–H and O–H groups in total. The summed E-state index contributed by atoms with van der Waals surface area (Å²) in [7, 11) is 0. The lowest BCUT2D eigenvalue weighted by Crippen LogP contribution is -2.48. The van der Waals surface area contributed by atoms with E-state index in [9.17, 15) is 4.79 Å². The van der Waals surface area contributed by atoms with Gasteiger partial charge in [-0.15, -0.1) is 22.7 Å². The Morgan fingerprint density at radius 3 is 2.92 bits per heavy atom. The zero-order chi connectivity index (χ0) is 25.5. The normalized spacial score (nSPS) is 21.1. The van der Waals surface area contributed by atoms with Crippen molar-refractivity contribution in [3.63, 3.8) is 0 Å². The Morgan fingerprint density at radius 2 is 2.05 bits per heavy atom. The molecule has 38 heavy (non-hydrogen) atoms. The molecule has 3 aromatic heterocycles. The molecule has 0 saturated carbocycles. The molecule has 2 aliphatic heterocycles. The summed E-state index contributed by atoms with van der Waals surface area (Å²) in [6, 6.07) is 20.2. The summed E-state index contributed by atoms with van der Waals surface area (Å²) >= 11 is 3.29. The van der Waals surface area contributed by atoms with E-state index in [0.29, 0.717) is 13.2 Å². The molecule has 0 aliphatic carbocycles. The minimum absolute atomic E-state index is 0.0709. The van der Waals surface area contributed by atoms with E-state index in [2.05, 4.69) is 39.6 Å². The molecule has 5 heterocycles. The maximum Gasteiger partial charge on any atom is 0.411 e. The van der Waals surface area contributed by atoms with Crippen molar-refractivity contribution in [2.45, 2.75) is 37.5 Å². The maximum absolute atomic E-state index is 13.6. The first-order chi connectivity index (χ1) is 18.7. The summed E-state index contributed by atoms with van der Waals surface area (Å²) in [6.07, 6.45) is 4.17. The second kappa shape index (κ2) is 9.65. The number of hydrogen-bond acceptors (Lipinski definition) is 8. The van der Waals surface area contributed by atoms with Gasteiger partial charge in [0.25, 0.3) is 0 Å². The first-order valence-corrected chi connectivity index (χ1v) is 14.4. The molecule has 5 aromatic rings. The van der Waals surface area contributed by atoms with Crippen LogP contribution in [0.2, 0.25) is 0 Å². The quantitative estimate of drug-likeness (QED) is 0.251. The third-order valence-corrected chi connectivity index (χ3v) is 9.54. The molecule has 2 unspecified atom stereocenters. The van der Waals surface area contributed by atoms with E-state index in [0.717, 1.165) is 56.8 Å². The van der Waals surface area contributed by atoms with Gasteiger partial charge in [0, 0.05) is 28.8 Å². The maximum atomic E-state index is 13.6. The van der Waals surface area contributed by atoms with Crippen LogP contribution < -0.4 is 5.32 Å². The summed E-state index contributed by atoms with van der Waals surface area (Å²) in [5, 5.41) is 4.61. The number of nitrogens with zero attached hydrogens (tertiary/aromatic N) is 3. The predicted molar refractivity (Wildman–Crippen MR) is 151 cm³/mol. The molecule has 2 aromatic carbocycles. The van der Waals surface area contributed by atoms with Crippen LogP contribution in [0, 0.1) is 0 Å². The molecule has 2 fully saturated rings. The van der Waals surface area contributed by atoms with E-state index in [1.807, 2.05) is 53.0 Å². The number of aromatic nitrogens is 2. The monoisotopic (exact) mass is 542 g/mol. The van der Waals surface area contributed by atoms with Gasteiger partial charge in [-0.05, 0) is 55.2 Å². The molecule has 7 nitrogen and oxygen atoms in total. The molecule has 1 amide bonds. The summed E-state index contributed by atoms with van der Waals surface area (Å²) in [5.41, 5.74) is 5.48. The van der Waals surface area contributed by atoms with Crippen LogP contribution in [0.5, 0.6) is 0 Å². The molecule has 2 atom stereocenters. The summed E-state index contributed by atoms with van der Waals surface area (Å²) in [6.45, 7) is 1.48.